The molecule has 2 rings (SSSR count). The number of rotatable bonds is 1. The van der Waals surface area contributed by atoms with Crippen molar-refractivity contribution in [3.63, 3.8) is 0 Å². The summed E-state index contributed by atoms with van der Waals surface area (Å²) in [6.45, 7) is 5.88. The van der Waals surface area contributed by atoms with Crippen molar-refractivity contribution in [3.8, 4) is 10.6 Å². The number of furan rings is 1. The second kappa shape index (κ2) is 3.09. The Morgan fingerprint density at radius 2 is 1.93 bits per heavy atom. The van der Waals surface area contributed by atoms with E-state index in [2.05, 4.69) is 9.36 Å². The highest BCUT2D eigenvalue weighted by atomic mass is 32.1. The first-order chi connectivity index (χ1) is 6.59. The van der Waals surface area contributed by atoms with Gasteiger partial charge in [0.1, 0.15) is 16.5 Å². The Morgan fingerprint density at radius 3 is 2.36 bits per heavy atom. The minimum Gasteiger partial charge on any atom is -0.466 e. The summed E-state index contributed by atoms with van der Waals surface area (Å²) in [6, 6.07) is 0. The second-order valence-electron chi connectivity index (χ2n) is 3.17. The maximum atomic E-state index is 5.51. The van der Waals surface area contributed by atoms with Crippen LogP contribution in [0.1, 0.15) is 17.1 Å². The van der Waals surface area contributed by atoms with Crippen LogP contribution in [0.5, 0.6) is 0 Å². The van der Waals surface area contributed by atoms with Crippen LogP contribution in [0, 0.1) is 20.8 Å². The van der Waals surface area contributed by atoms with Gasteiger partial charge in [-0.05, 0) is 32.3 Å². The molecule has 2 aromatic rings. The zero-order valence-corrected chi connectivity index (χ0v) is 9.10. The van der Waals surface area contributed by atoms with Crippen molar-refractivity contribution in [1.29, 1.82) is 0 Å². The summed E-state index contributed by atoms with van der Waals surface area (Å²) >= 11 is 1.30. The lowest BCUT2D eigenvalue weighted by molar-refractivity contribution is 0.503. The molecule has 0 amide bonds. The molecule has 0 radical (unpaired) electrons. The maximum absolute atomic E-state index is 5.51. The van der Waals surface area contributed by atoms with Crippen LogP contribution in [-0.2, 0) is 0 Å². The van der Waals surface area contributed by atoms with E-state index in [1.807, 2.05) is 20.8 Å². The molecular weight excluding hydrogens is 198 g/mol. The standard InChI is InChI=1S/C9H11N3OS/c1-4-5(2)13-6(3)7(4)8-11-9(10)12-14-8/h1-3H3,(H2,10,12). The number of nitrogens with two attached hydrogens (primary N) is 1. The van der Waals surface area contributed by atoms with Crippen molar-refractivity contribution in [2.24, 2.45) is 0 Å². The van der Waals surface area contributed by atoms with E-state index in [0.717, 1.165) is 27.7 Å². The summed E-state index contributed by atoms with van der Waals surface area (Å²) < 4.78 is 9.46. The highest BCUT2D eigenvalue weighted by Gasteiger charge is 2.16. The van der Waals surface area contributed by atoms with Gasteiger partial charge < -0.3 is 10.2 Å². The molecule has 4 nitrogen and oxygen atoms in total. The summed E-state index contributed by atoms with van der Waals surface area (Å²) in [5.41, 5.74) is 7.62. The third kappa shape index (κ3) is 1.29. The van der Waals surface area contributed by atoms with Gasteiger partial charge in [-0.25, -0.2) is 0 Å². The number of nitrogen functional groups attached to an aromatic ring is 1. The fourth-order valence-corrected chi connectivity index (χ4v) is 2.19. The quantitative estimate of drug-likeness (QED) is 0.782. The van der Waals surface area contributed by atoms with Crippen LogP contribution in [-0.4, -0.2) is 9.36 Å². The van der Waals surface area contributed by atoms with Crippen molar-refractivity contribution in [3.05, 3.63) is 17.1 Å². The number of hydrogen-bond donors (Lipinski definition) is 1. The first-order valence-corrected chi connectivity index (χ1v) is 5.03. The Bertz CT molecular complexity index is 472. The number of anilines is 1. The van der Waals surface area contributed by atoms with Gasteiger partial charge in [0.15, 0.2) is 0 Å². The molecule has 0 spiro atoms. The molecule has 2 aromatic heterocycles. The minimum absolute atomic E-state index is 0.322. The molecule has 0 aliphatic rings. The van der Waals surface area contributed by atoms with E-state index >= 15 is 0 Å². The molecule has 0 aliphatic carbocycles. The number of hydrogen-bond acceptors (Lipinski definition) is 5. The summed E-state index contributed by atoms with van der Waals surface area (Å²) in [7, 11) is 0. The monoisotopic (exact) mass is 209 g/mol. The van der Waals surface area contributed by atoms with Crippen molar-refractivity contribution >= 4 is 17.5 Å². The van der Waals surface area contributed by atoms with Crippen LogP contribution >= 0.6 is 11.5 Å². The third-order valence-electron chi connectivity index (χ3n) is 2.22. The molecule has 0 saturated carbocycles. The van der Waals surface area contributed by atoms with Crippen molar-refractivity contribution in [2.45, 2.75) is 20.8 Å². The number of aryl methyl sites for hydroxylation is 2. The lowest BCUT2D eigenvalue weighted by Gasteiger charge is -1.92. The van der Waals surface area contributed by atoms with Gasteiger partial charge in [0.05, 0.1) is 5.56 Å². The van der Waals surface area contributed by atoms with Gasteiger partial charge in [-0.3, -0.25) is 0 Å². The van der Waals surface area contributed by atoms with Gasteiger partial charge in [0, 0.05) is 5.56 Å². The van der Waals surface area contributed by atoms with Gasteiger partial charge in [0.2, 0.25) is 5.95 Å². The molecule has 0 aliphatic heterocycles. The SMILES string of the molecule is Cc1oc(C)c(-c2nc(N)ns2)c1C. The van der Waals surface area contributed by atoms with Crippen molar-refractivity contribution in [2.75, 3.05) is 5.73 Å². The second-order valence-corrected chi connectivity index (χ2v) is 3.92. The topological polar surface area (TPSA) is 64.9 Å². The van der Waals surface area contributed by atoms with Gasteiger partial charge in [-0.2, -0.15) is 9.36 Å². The van der Waals surface area contributed by atoms with Crippen LogP contribution in [0.2, 0.25) is 0 Å². The normalized spacial score (nSPS) is 10.8. The first kappa shape index (κ1) is 9.21. The minimum atomic E-state index is 0.322. The van der Waals surface area contributed by atoms with Gasteiger partial charge in [-0.1, -0.05) is 0 Å². The predicted octanol–water partition coefficient (Wildman–Crippen LogP) is 2.31. The zero-order valence-electron chi connectivity index (χ0n) is 8.29. The maximum Gasteiger partial charge on any atom is 0.232 e. The Kier molecular flexibility index (Phi) is 2.03. The number of nitrogens with zero attached hydrogens (tertiary/aromatic N) is 2. The summed E-state index contributed by atoms with van der Waals surface area (Å²) in [5, 5.41) is 0.828. The predicted molar refractivity (Wildman–Crippen MR) is 56.2 cm³/mol. The van der Waals surface area contributed by atoms with E-state index in [0.29, 0.717) is 5.95 Å². The third-order valence-corrected chi connectivity index (χ3v) is 2.96. The Labute approximate surface area is 85.9 Å². The Morgan fingerprint density at radius 1 is 1.21 bits per heavy atom. The number of aromatic nitrogens is 2. The zero-order chi connectivity index (χ0) is 10.3. The fourth-order valence-electron chi connectivity index (χ4n) is 1.44. The largest absolute Gasteiger partial charge is 0.466 e. The molecular formula is C9H11N3OS. The van der Waals surface area contributed by atoms with Crippen molar-refractivity contribution in [1.82, 2.24) is 9.36 Å². The molecule has 2 heterocycles. The molecule has 0 atom stereocenters. The molecule has 14 heavy (non-hydrogen) atoms. The molecule has 5 heteroatoms. The first-order valence-electron chi connectivity index (χ1n) is 4.25. The average Bonchev–Trinajstić information content (AvgIpc) is 2.60. The van der Waals surface area contributed by atoms with Crippen LogP contribution in [0.4, 0.5) is 5.95 Å². The van der Waals surface area contributed by atoms with Gasteiger partial charge >= 0.3 is 0 Å². The fraction of sp³-hybridized carbons (Fsp3) is 0.333. The van der Waals surface area contributed by atoms with Gasteiger partial charge in [0.25, 0.3) is 0 Å². The lowest BCUT2D eigenvalue weighted by atomic mass is 10.1. The molecule has 0 saturated heterocycles. The summed E-state index contributed by atoms with van der Waals surface area (Å²) in [6.07, 6.45) is 0. The van der Waals surface area contributed by atoms with Crippen molar-refractivity contribution < 1.29 is 4.42 Å². The van der Waals surface area contributed by atoms with Crippen LogP contribution < -0.4 is 5.73 Å². The van der Waals surface area contributed by atoms with Crippen LogP contribution in [0.3, 0.4) is 0 Å². The molecule has 0 unspecified atom stereocenters. The van der Waals surface area contributed by atoms with E-state index in [4.69, 9.17) is 10.2 Å². The summed E-state index contributed by atoms with van der Waals surface area (Å²) in [5.74, 6) is 2.12. The average molecular weight is 209 g/mol. The van der Waals surface area contributed by atoms with Gasteiger partial charge in [-0.15, -0.1) is 0 Å². The van der Waals surface area contributed by atoms with E-state index in [1.165, 1.54) is 11.5 Å². The van der Waals surface area contributed by atoms with Crippen LogP contribution in [0.15, 0.2) is 4.42 Å². The Hall–Kier alpha value is -1.36. The van der Waals surface area contributed by atoms with Crippen LogP contribution in [0.25, 0.3) is 10.6 Å². The highest BCUT2D eigenvalue weighted by Crippen LogP contribution is 2.32. The van der Waals surface area contributed by atoms with E-state index < -0.39 is 0 Å². The molecule has 74 valence electrons. The Balaban J connectivity index is 2.61. The smallest absolute Gasteiger partial charge is 0.232 e. The molecule has 2 N–H and O–H groups in total. The lowest BCUT2D eigenvalue weighted by Crippen LogP contribution is -1.86. The summed E-state index contributed by atoms with van der Waals surface area (Å²) in [4.78, 5) is 4.14. The van der Waals surface area contributed by atoms with E-state index in [-0.39, 0.29) is 0 Å². The molecule has 0 fully saturated rings. The van der Waals surface area contributed by atoms with E-state index in [1.54, 1.807) is 0 Å². The van der Waals surface area contributed by atoms with E-state index in [9.17, 15) is 0 Å². The molecule has 0 aromatic carbocycles. The molecule has 0 bridgehead atoms. The highest BCUT2D eigenvalue weighted by molar-refractivity contribution is 7.09.